The van der Waals surface area contributed by atoms with Gasteiger partial charge in [0.05, 0.1) is 12.1 Å². The molecule has 0 bridgehead atoms. The maximum absolute atomic E-state index is 13.9. The summed E-state index contributed by atoms with van der Waals surface area (Å²) in [5, 5.41) is 9.82. The Morgan fingerprint density at radius 2 is 1.75 bits per heavy atom. The maximum Gasteiger partial charge on any atom is 0.134 e. The molecular formula is C16H19FN2O. The van der Waals surface area contributed by atoms with Crippen LogP contribution in [0.4, 0.5) is 10.2 Å². The number of aromatic nitrogens is 1. The van der Waals surface area contributed by atoms with Gasteiger partial charge in [0.15, 0.2) is 0 Å². The number of rotatable bonds is 4. The Hall–Kier alpha value is -1.94. The summed E-state index contributed by atoms with van der Waals surface area (Å²) in [6.07, 6.45) is 1.06. The monoisotopic (exact) mass is 274 g/mol. The molecule has 0 aliphatic carbocycles. The number of nitrogens with zero attached hydrogens (tertiary/aromatic N) is 2. The average Bonchev–Trinajstić information content (AvgIpc) is 2.46. The highest BCUT2D eigenvalue weighted by Crippen LogP contribution is 2.30. The molecule has 0 aliphatic heterocycles. The molecule has 4 heteroatoms. The number of hydrogen-bond donors (Lipinski definition) is 1. The first-order chi connectivity index (χ1) is 9.52. The van der Waals surface area contributed by atoms with Crippen LogP contribution in [0.3, 0.4) is 0 Å². The van der Waals surface area contributed by atoms with E-state index in [1.54, 1.807) is 31.3 Å². The number of aliphatic hydroxyl groups excluding tert-OH is 1. The second-order valence-corrected chi connectivity index (χ2v) is 4.90. The van der Waals surface area contributed by atoms with Gasteiger partial charge in [0.1, 0.15) is 11.6 Å². The number of anilines is 1. The van der Waals surface area contributed by atoms with Crippen molar-refractivity contribution in [3.05, 3.63) is 59.5 Å². The molecule has 0 spiro atoms. The molecule has 0 fully saturated rings. The molecule has 0 amide bonds. The zero-order valence-corrected chi connectivity index (χ0v) is 11.9. The predicted molar refractivity (Wildman–Crippen MR) is 78.1 cm³/mol. The Morgan fingerprint density at radius 3 is 2.40 bits per heavy atom. The molecule has 2 atom stereocenters. The van der Waals surface area contributed by atoms with E-state index < -0.39 is 6.10 Å². The van der Waals surface area contributed by atoms with Gasteiger partial charge in [-0.15, -0.1) is 0 Å². The van der Waals surface area contributed by atoms with Crippen molar-refractivity contribution in [2.45, 2.75) is 26.0 Å². The van der Waals surface area contributed by atoms with Gasteiger partial charge in [-0.05, 0) is 26.0 Å². The van der Waals surface area contributed by atoms with Crippen molar-refractivity contribution >= 4 is 5.82 Å². The van der Waals surface area contributed by atoms with Crippen LogP contribution in [0.1, 0.15) is 37.1 Å². The SMILES string of the molecule is CC(c1ccccc1F)N(C)c1ncccc1[C@H](C)O. The van der Waals surface area contributed by atoms with Crippen LogP contribution < -0.4 is 4.90 Å². The molecule has 20 heavy (non-hydrogen) atoms. The highest BCUT2D eigenvalue weighted by Gasteiger charge is 2.20. The van der Waals surface area contributed by atoms with Gasteiger partial charge >= 0.3 is 0 Å². The lowest BCUT2D eigenvalue weighted by Crippen LogP contribution is -2.25. The van der Waals surface area contributed by atoms with E-state index in [1.807, 2.05) is 31.0 Å². The van der Waals surface area contributed by atoms with Crippen LogP contribution in [0.25, 0.3) is 0 Å². The molecule has 2 aromatic rings. The third-order valence-corrected chi connectivity index (χ3v) is 3.54. The van der Waals surface area contributed by atoms with E-state index in [-0.39, 0.29) is 11.9 Å². The lowest BCUT2D eigenvalue weighted by Gasteiger charge is -2.29. The standard InChI is InChI=1S/C16H19FN2O/c1-11(13-7-4-5-9-15(13)17)19(3)16-14(12(2)20)8-6-10-18-16/h4-12,20H,1-3H3/t11?,12-/m0/s1. The predicted octanol–water partition coefficient (Wildman–Crippen LogP) is 3.47. The van der Waals surface area contributed by atoms with Crippen molar-refractivity contribution < 1.29 is 9.50 Å². The largest absolute Gasteiger partial charge is 0.389 e. The summed E-state index contributed by atoms with van der Waals surface area (Å²) in [6.45, 7) is 3.61. The third-order valence-electron chi connectivity index (χ3n) is 3.54. The fraction of sp³-hybridized carbons (Fsp3) is 0.312. The highest BCUT2D eigenvalue weighted by atomic mass is 19.1. The smallest absolute Gasteiger partial charge is 0.134 e. The average molecular weight is 274 g/mol. The van der Waals surface area contributed by atoms with Gasteiger partial charge < -0.3 is 10.0 Å². The minimum Gasteiger partial charge on any atom is -0.389 e. The molecular weight excluding hydrogens is 255 g/mol. The fourth-order valence-electron chi connectivity index (χ4n) is 2.24. The van der Waals surface area contributed by atoms with E-state index in [0.717, 1.165) is 5.56 Å². The molecule has 0 saturated heterocycles. The normalized spacial score (nSPS) is 13.8. The van der Waals surface area contributed by atoms with Crippen molar-refractivity contribution in [1.82, 2.24) is 4.98 Å². The van der Waals surface area contributed by atoms with Crippen LogP contribution in [0.5, 0.6) is 0 Å². The minimum atomic E-state index is -0.617. The molecule has 1 aromatic heterocycles. The van der Waals surface area contributed by atoms with Crippen LogP contribution in [0, 0.1) is 5.82 Å². The zero-order valence-electron chi connectivity index (χ0n) is 11.9. The Morgan fingerprint density at radius 1 is 1.10 bits per heavy atom. The van der Waals surface area contributed by atoms with E-state index in [2.05, 4.69) is 4.98 Å². The Balaban J connectivity index is 2.37. The summed E-state index contributed by atoms with van der Waals surface area (Å²) in [7, 11) is 1.85. The van der Waals surface area contributed by atoms with E-state index in [0.29, 0.717) is 11.4 Å². The second kappa shape index (κ2) is 6.01. The molecule has 0 radical (unpaired) electrons. The van der Waals surface area contributed by atoms with Crippen molar-refractivity contribution in [3.63, 3.8) is 0 Å². The first kappa shape index (κ1) is 14.5. The van der Waals surface area contributed by atoms with Crippen LogP contribution in [0.2, 0.25) is 0 Å². The Kier molecular flexibility index (Phi) is 4.35. The summed E-state index contributed by atoms with van der Waals surface area (Å²) < 4.78 is 13.9. The molecule has 106 valence electrons. The van der Waals surface area contributed by atoms with Gasteiger partial charge in [-0.1, -0.05) is 24.3 Å². The van der Waals surface area contributed by atoms with Crippen molar-refractivity contribution in [2.75, 3.05) is 11.9 Å². The van der Waals surface area contributed by atoms with Crippen molar-refractivity contribution in [3.8, 4) is 0 Å². The first-order valence-electron chi connectivity index (χ1n) is 6.62. The first-order valence-corrected chi connectivity index (χ1v) is 6.62. The number of aliphatic hydroxyl groups is 1. The lowest BCUT2D eigenvalue weighted by atomic mass is 10.1. The van der Waals surface area contributed by atoms with Gasteiger partial charge in [0.25, 0.3) is 0 Å². The minimum absolute atomic E-state index is 0.177. The quantitative estimate of drug-likeness (QED) is 0.927. The number of hydrogen-bond acceptors (Lipinski definition) is 3. The van der Waals surface area contributed by atoms with Crippen LogP contribution >= 0.6 is 0 Å². The molecule has 1 aromatic carbocycles. The summed E-state index contributed by atoms with van der Waals surface area (Å²) in [5.41, 5.74) is 1.34. The maximum atomic E-state index is 13.9. The van der Waals surface area contributed by atoms with Gasteiger partial charge in [0.2, 0.25) is 0 Å². The van der Waals surface area contributed by atoms with Crippen molar-refractivity contribution in [2.24, 2.45) is 0 Å². The second-order valence-electron chi connectivity index (χ2n) is 4.90. The van der Waals surface area contributed by atoms with Gasteiger partial charge in [-0.3, -0.25) is 0 Å². The molecule has 3 nitrogen and oxygen atoms in total. The number of benzene rings is 1. The zero-order chi connectivity index (χ0) is 14.7. The van der Waals surface area contributed by atoms with Crippen LogP contribution in [-0.2, 0) is 0 Å². The van der Waals surface area contributed by atoms with E-state index in [9.17, 15) is 9.50 Å². The van der Waals surface area contributed by atoms with Gasteiger partial charge in [-0.2, -0.15) is 0 Å². The summed E-state index contributed by atoms with van der Waals surface area (Å²) in [5.74, 6) is 0.430. The summed E-state index contributed by atoms with van der Waals surface area (Å²) in [6, 6.07) is 10.1. The van der Waals surface area contributed by atoms with E-state index in [4.69, 9.17) is 0 Å². The van der Waals surface area contributed by atoms with Gasteiger partial charge in [-0.25, -0.2) is 9.37 Å². The number of halogens is 1. The lowest BCUT2D eigenvalue weighted by molar-refractivity contribution is 0.199. The molecule has 2 rings (SSSR count). The molecule has 0 saturated carbocycles. The van der Waals surface area contributed by atoms with Crippen LogP contribution in [-0.4, -0.2) is 17.1 Å². The Labute approximate surface area is 118 Å². The topological polar surface area (TPSA) is 36.4 Å². The summed E-state index contributed by atoms with van der Waals surface area (Å²) in [4.78, 5) is 6.20. The molecule has 1 heterocycles. The molecule has 1 unspecified atom stereocenters. The number of pyridine rings is 1. The van der Waals surface area contributed by atoms with Crippen LogP contribution in [0.15, 0.2) is 42.6 Å². The Bertz CT molecular complexity index is 586. The van der Waals surface area contributed by atoms with E-state index >= 15 is 0 Å². The molecule has 1 N–H and O–H groups in total. The van der Waals surface area contributed by atoms with Gasteiger partial charge in [0, 0.05) is 24.4 Å². The molecule has 0 aliphatic rings. The highest BCUT2D eigenvalue weighted by molar-refractivity contribution is 5.49. The third kappa shape index (κ3) is 2.80. The van der Waals surface area contributed by atoms with E-state index in [1.165, 1.54) is 6.07 Å². The fourth-order valence-corrected chi connectivity index (χ4v) is 2.24. The van der Waals surface area contributed by atoms with Crippen molar-refractivity contribution in [1.29, 1.82) is 0 Å². The summed E-state index contributed by atoms with van der Waals surface area (Å²) >= 11 is 0.